The van der Waals surface area contributed by atoms with Crippen LogP contribution >= 0.6 is 0 Å². The molecule has 2 heterocycles. The van der Waals surface area contributed by atoms with Gasteiger partial charge in [0.05, 0.1) is 0 Å². The molecule has 3 rings (SSSR count). The van der Waals surface area contributed by atoms with E-state index < -0.39 is 0 Å². The lowest BCUT2D eigenvalue weighted by Gasteiger charge is -2.30. The molecule has 1 aromatic rings. The minimum Gasteiger partial charge on any atom is -0.368 e. The number of nitrogens with zero attached hydrogens (tertiary/aromatic N) is 1. The zero-order valence-electron chi connectivity index (χ0n) is 14.8. The van der Waals surface area contributed by atoms with Crippen molar-refractivity contribution in [3.8, 4) is 0 Å². The van der Waals surface area contributed by atoms with Crippen molar-refractivity contribution >= 4 is 17.6 Å². The molecule has 6 nitrogen and oxygen atoms in total. The lowest BCUT2D eigenvalue weighted by molar-refractivity contribution is -0.124. The standard InChI is InChI=1S/C19H27N3O3/c1-14-7-9-22(10-8-14)19(24)20-13-15-4-2-5-16(12-15)21-18(23)17-6-3-11-25-17/h2,4-5,12,14,17H,3,6-11,13H2,1H3,(H,20,24)(H,21,23). The first-order valence-corrected chi connectivity index (χ1v) is 9.16. The summed E-state index contributed by atoms with van der Waals surface area (Å²) in [6, 6.07) is 7.56. The number of amides is 3. The third-order valence-electron chi connectivity index (χ3n) is 4.93. The Bertz CT molecular complexity index is 606. The normalized spacial score (nSPS) is 21.2. The van der Waals surface area contributed by atoms with Gasteiger partial charge >= 0.3 is 6.03 Å². The van der Waals surface area contributed by atoms with E-state index in [-0.39, 0.29) is 18.0 Å². The van der Waals surface area contributed by atoms with Crippen LogP contribution in [-0.4, -0.2) is 42.6 Å². The number of urea groups is 1. The summed E-state index contributed by atoms with van der Waals surface area (Å²) in [7, 11) is 0. The number of nitrogens with one attached hydrogen (secondary N) is 2. The van der Waals surface area contributed by atoms with E-state index in [2.05, 4.69) is 17.6 Å². The van der Waals surface area contributed by atoms with Crippen molar-refractivity contribution < 1.29 is 14.3 Å². The molecule has 2 fully saturated rings. The highest BCUT2D eigenvalue weighted by atomic mass is 16.5. The maximum absolute atomic E-state index is 12.2. The molecule has 2 aliphatic heterocycles. The summed E-state index contributed by atoms with van der Waals surface area (Å²) in [5.74, 6) is 0.606. The molecule has 3 amide bonds. The van der Waals surface area contributed by atoms with E-state index in [9.17, 15) is 9.59 Å². The van der Waals surface area contributed by atoms with Crippen LogP contribution in [0.15, 0.2) is 24.3 Å². The minimum absolute atomic E-state index is 0.0132. The lowest BCUT2D eigenvalue weighted by Crippen LogP contribution is -2.43. The van der Waals surface area contributed by atoms with Crippen LogP contribution in [0.1, 0.15) is 38.2 Å². The van der Waals surface area contributed by atoms with E-state index in [4.69, 9.17) is 4.74 Å². The number of piperidine rings is 1. The lowest BCUT2D eigenvalue weighted by atomic mass is 10.00. The second-order valence-corrected chi connectivity index (χ2v) is 7.02. The van der Waals surface area contributed by atoms with Crippen molar-refractivity contribution in [1.82, 2.24) is 10.2 Å². The van der Waals surface area contributed by atoms with Crippen molar-refractivity contribution in [3.05, 3.63) is 29.8 Å². The number of benzene rings is 1. The van der Waals surface area contributed by atoms with Gasteiger partial charge in [0.2, 0.25) is 0 Å². The second-order valence-electron chi connectivity index (χ2n) is 7.02. The molecule has 0 radical (unpaired) electrons. The van der Waals surface area contributed by atoms with Gasteiger partial charge in [-0.1, -0.05) is 19.1 Å². The van der Waals surface area contributed by atoms with E-state index in [1.165, 1.54) is 0 Å². The summed E-state index contributed by atoms with van der Waals surface area (Å²) in [5.41, 5.74) is 1.70. The second kappa shape index (κ2) is 8.34. The van der Waals surface area contributed by atoms with Gasteiger partial charge in [-0.15, -0.1) is 0 Å². The first-order valence-electron chi connectivity index (χ1n) is 9.16. The molecule has 0 aliphatic carbocycles. The molecule has 25 heavy (non-hydrogen) atoms. The van der Waals surface area contributed by atoms with Gasteiger partial charge < -0.3 is 20.3 Å². The predicted octanol–water partition coefficient (Wildman–Crippen LogP) is 2.75. The molecular weight excluding hydrogens is 318 g/mol. The third kappa shape index (κ3) is 4.95. The van der Waals surface area contributed by atoms with E-state index >= 15 is 0 Å². The van der Waals surface area contributed by atoms with Crippen molar-refractivity contribution in [3.63, 3.8) is 0 Å². The van der Waals surface area contributed by atoms with E-state index in [1.807, 2.05) is 29.2 Å². The topological polar surface area (TPSA) is 70.7 Å². The molecule has 0 saturated carbocycles. The van der Waals surface area contributed by atoms with Crippen LogP contribution in [0.2, 0.25) is 0 Å². The van der Waals surface area contributed by atoms with Gasteiger partial charge in [-0.05, 0) is 49.3 Å². The smallest absolute Gasteiger partial charge is 0.317 e. The van der Waals surface area contributed by atoms with Gasteiger partial charge in [0.25, 0.3) is 5.91 Å². The van der Waals surface area contributed by atoms with Crippen LogP contribution in [0.5, 0.6) is 0 Å². The Hall–Kier alpha value is -2.08. The van der Waals surface area contributed by atoms with Crippen molar-refractivity contribution in [1.29, 1.82) is 0 Å². The monoisotopic (exact) mass is 345 g/mol. The van der Waals surface area contributed by atoms with Crippen LogP contribution in [0, 0.1) is 5.92 Å². The van der Waals surface area contributed by atoms with Crippen LogP contribution < -0.4 is 10.6 Å². The number of ether oxygens (including phenoxy) is 1. The number of rotatable bonds is 4. The fourth-order valence-electron chi connectivity index (χ4n) is 3.27. The molecule has 1 atom stereocenters. The van der Waals surface area contributed by atoms with E-state index in [1.54, 1.807) is 0 Å². The van der Waals surface area contributed by atoms with Crippen LogP contribution in [0.4, 0.5) is 10.5 Å². The summed E-state index contributed by atoms with van der Waals surface area (Å²) in [6.45, 7) is 4.98. The van der Waals surface area contributed by atoms with Gasteiger partial charge in [0.1, 0.15) is 6.10 Å². The predicted molar refractivity (Wildman–Crippen MR) is 96.3 cm³/mol. The quantitative estimate of drug-likeness (QED) is 0.881. The number of carbonyl (C=O) groups is 2. The minimum atomic E-state index is -0.343. The maximum atomic E-state index is 12.2. The Labute approximate surface area is 148 Å². The average molecular weight is 345 g/mol. The number of hydrogen-bond acceptors (Lipinski definition) is 3. The van der Waals surface area contributed by atoms with Crippen LogP contribution in [0.3, 0.4) is 0 Å². The summed E-state index contributed by atoms with van der Waals surface area (Å²) in [4.78, 5) is 26.2. The Morgan fingerprint density at radius 3 is 2.76 bits per heavy atom. The zero-order valence-corrected chi connectivity index (χ0v) is 14.8. The largest absolute Gasteiger partial charge is 0.368 e. The number of likely N-dealkylation sites (tertiary alicyclic amines) is 1. The van der Waals surface area contributed by atoms with Gasteiger partial charge in [-0.25, -0.2) is 4.79 Å². The zero-order chi connectivity index (χ0) is 17.6. The molecule has 0 aromatic heterocycles. The van der Waals surface area contributed by atoms with Gasteiger partial charge in [0.15, 0.2) is 0 Å². The average Bonchev–Trinajstić information content (AvgIpc) is 3.15. The molecule has 2 aliphatic rings. The maximum Gasteiger partial charge on any atom is 0.317 e. The highest BCUT2D eigenvalue weighted by molar-refractivity contribution is 5.94. The molecule has 136 valence electrons. The van der Waals surface area contributed by atoms with Crippen LogP contribution in [0.25, 0.3) is 0 Å². The fraction of sp³-hybridized carbons (Fsp3) is 0.579. The highest BCUT2D eigenvalue weighted by Crippen LogP contribution is 2.17. The van der Waals surface area contributed by atoms with E-state index in [0.717, 1.165) is 50.0 Å². The van der Waals surface area contributed by atoms with Gasteiger partial charge in [-0.2, -0.15) is 0 Å². The van der Waals surface area contributed by atoms with E-state index in [0.29, 0.717) is 19.1 Å². The molecule has 1 unspecified atom stereocenters. The summed E-state index contributed by atoms with van der Waals surface area (Å²) in [5, 5.41) is 5.86. The van der Waals surface area contributed by atoms with Crippen molar-refractivity contribution in [2.24, 2.45) is 5.92 Å². The fourth-order valence-corrected chi connectivity index (χ4v) is 3.27. The Balaban J connectivity index is 1.49. The number of carbonyl (C=O) groups excluding carboxylic acids is 2. The molecule has 2 saturated heterocycles. The van der Waals surface area contributed by atoms with Gasteiger partial charge in [0, 0.05) is 31.9 Å². The molecular formula is C19H27N3O3. The first kappa shape index (κ1) is 17.7. The molecule has 6 heteroatoms. The Morgan fingerprint density at radius 2 is 2.04 bits per heavy atom. The Kier molecular flexibility index (Phi) is 5.91. The first-order chi connectivity index (χ1) is 12.1. The summed E-state index contributed by atoms with van der Waals surface area (Å²) in [6.07, 6.45) is 3.50. The van der Waals surface area contributed by atoms with Crippen molar-refractivity contribution in [2.45, 2.75) is 45.3 Å². The van der Waals surface area contributed by atoms with Crippen molar-refractivity contribution in [2.75, 3.05) is 25.0 Å². The molecule has 0 spiro atoms. The summed E-state index contributed by atoms with van der Waals surface area (Å²) < 4.78 is 5.40. The number of anilines is 1. The summed E-state index contributed by atoms with van der Waals surface area (Å²) >= 11 is 0. The molecule has 0 bridgehead atoms. The number of hydrogen-bond donors (Lipinski definition) is 2. The molecule has 2 N–H and O–H groups in total. The van der Waals surface area contributed by atoms with Crippen LogP contribution in [-0.2, 0) is 16.1 Å². The third-order valence-corrected chi connectivity index (χ3v) is 4.93. The highest BCUT2D eigenvalue weighted by Gasteiger charge is 2.23. The molecule has 1 aromatic carbocycles. The Morgan fingerprint density at radius 1 is 1.24 bits per heavy atom. The van der Waals surface area contributed by atoms with Gasteiger partial charge in [-0.3, -0.25) is 4.79 Å². The SMILES string of the molecule is CC1CCN(C(=O)NCc2cccc(NC(=O)C3CCCO3)c2)CC1.